The molecule has 2 aromatic rings. The molecule has 0 saturated heterocycles. The van der Waals surface area contributed by atoms with Crippen molar-refractivity contribution in [3.8, 4) is 0 Å². The van der Waals surface area contributed by atoms with E-state index in [4.69, 9.17) is 0 Å². The summed E-state index contributed by atoms with van der Waals surface area (Å²) < 4.78 is 19.0. The standard InChI is InChI=1S/C14H11.C5H5.7CH3.Hf/c1-10-6-7-12-9-8-11-4-2-3-5-13(11)14(10)12;1-2-4-5-3-1;;;;;;;;/h2-9H,1H3;1-5H;7*1H3;. The van der Waals surface area contributed by atoms with Gasteiger partial charge in [-0.05, 0) is 0 Å². The van der Waals surface area contributed by atoms with Crippen molar-refractivity contribution >= 4 is 16.8 Å². The quantitative estimate of drug-likeness (QED) is 0.341. The van der Waals surface area contributed by atoms with E-state index in [1.54, 1.807) is 0 Å². The van der Waals surface area contributed by atoms with Crippen LogP contribution in [0.4, 0.5) is 0 Å². The molecular weight excluding hydrogens is 491 g/mol. The molecule has 145 valence electrons. The van der Waals surface area contributed by atoms with Crippen LogP contribution in [0.5, 0.6) is 0 Å². The third kappa shape index (κ3) is 1.92. The summed E-state index contributed by atoms with van der Waals surface area (Å²) in [6.45, 7) is 2.53. The zero-order valence-corrected chi connectivity index (χ0v) is 22.1. The van der Waals surface area contributed by atoms with Gasteiger partial charge < -0.3 is 0 Å². The van der Waals surface area contributed by atoms with Gasteiger partial charge in [-0.25, -0.2) is 0 Å². The van der Waals surface area contributed by atoms with Gasteiger partial charge in [0.25, 0.3) is 0 Å². The summed E-state index contributed by atoms with van der Waals surface area (Å²) >= 11 is -5.54. The number of fused-ring (bicyclic) bond motifs is 3. The Morgan fingerprint density at radius 1 is 0.778 bits per heavy atom. The fourth-order valence-corrected chi connectivity index (χ4v) is 32.4. The topological polar surface area (TPSA) is 0 Å². The van der Waals surface area contributed by atoms with Gasteiger partial charge in [-0.2, -0.15) is 0 Å². The number of hydrogen-bond acceptors (Lipinski definition) is 0. The van der Waals surface area contributed by atoms with Crippen LogP contribution >= 0.6 is 0 Å². The van der Waals surface area contributed by atoms with Crippen LogP contribution in [-0.4, -0.2) is 0 Å². The summed E-state index contributed by atoms with van der Waals surface area (Å²) in [6, 6.07) is 13.5. The Labute approximate surface area is 153 Å². The van der Waals surface area contributed by atoms with E-state index in [0.717, 1.165) is 0 Å². The van der Waals surface area contributed by atoms with Crippen molar-refractivity contribution in [2.75, 3.05) is 0 Å². The third-order valence-corrected chi connectivity index (χ3v) is 59.4. The Morgan fingerprint density at radius 2 is 1.37 bits per heavy atom. The molecule has 1 atom stereocenters. The van der Waals surface area contributed by atoms with Crippen LogP contribution in [0.3, 0.4) is 0 Å². The van der Waals surface area contributed by atoms with Gasteiger partial charge in [0.05, 0.1) is 0 Å². The van der Waals surface area contributed by atoms with Crippen molar-refractivity contribution in [3.05, 3.63) is 77.9 Å². The summed E-state index contributed by atoms with van der Waals surface area (Å²) in [4.78, 5) is 0. The summed E-state index contributed by atoms with van der Waals surface area (Å²) in [7, 11) is 0. The summed E-state index contributed by atoms with van der Waals surface area (Å²) in [5, 5.41) is 2.73. The van der Waals surface area contributed by atoms with Crippen LogP contribution in [0.25, 0.3) is 16.8 Å². The molecule has 0 N–H and O–H groups in total. The van der Waals surface area contributed by atoms with Crippen LogP contribution in [0, 0.1) is 0 Å². The van der Waals surface area contributed by atoms with Crippen molar-refractivity contribution < 1.29 is 12.6 Å². The minimum atomic E-state index is -5.54. The molecule has 27 heavy (non-hydrogen) atoms. The van der Waals surface area contributed by atoms with Crippen molar-refractivity contribution in [3.63, 3.8) is 0 Å². The van der Waals surface area contributed by atoms with E-state index in [2.05, 4.69) is 113 Å². The van der Waals surface area contributed by atoms with Crippen molar-refractivity contribution in [1.82, 2.24) is 0 Å². The Kier molecular flexibility index (Phi) is 2.16. The molecule has 0 bridgehead atoms. The second-order valence-electron chi connectivity index (χ2n) is 20.0. The minimum absolute atomic E-state index is 0.110. The molecule has 0 radical (unpaired) electrons. The molecule has 0 aromatic heterocycles. The van der Waals surface area contributed by atoms with E-state index in [9.17, 15) is 0 Å². The van der Waals surface area contributed by atoms with Gasteiger partial charge in [-0.3, -0.25) is 0 Å². The van der Waals surface area contributed by atoms with E-state index in [0.29, 0.717) is 3.67 Å². The molecular formula is C26H37Hf. The Morgan fingerprint density at radius 3 is 2.00 bits per heavy atom. The normalized spacial score (nSPS) is 30.0. The maximum atomic E-state index is 2.67. The Bertz CT molecular complexity index is 1170. The number of hydrogen-bond donors (Lipinski definition) is 0. The van der Waals surface area contributed by atoms with E-state index < -0.39 is 12.6 Å². The molecule has 0 aliphatic heterocycles. The molecule has 2 aliphatic carbocycles. The van der Waals surface area contributed by atoms with Crippen molar-refractivity contribution in [2.24, 2.45) is 0 Å². The van der Waals surface area contributed by atoms with Crippen molar-refractivity contribution in [1.29, 1.82) is 0 Å². The number of rotatable bonds is 2. The molecule has 0 amide bonds. The average Bonchev–Trinajstić information content (AvgIpc) is 3.15. The molecule has 0 spiro atoms. The second-order valence-corrected chi connectivity index (χ2v) is 130. The van der Waals surface area contributed by atoms with Crippen molar-refractivity contribution in [2.45, 2.75) is 46.5 Å². The van der Waals surface area contributed by atoms with Gasteiger partial charge in [-0.15, -0.1) is 0 Å². The first-order valence-corrected chi connectivity index (χ1v) is 39.6. The van der Waals surface area contributed by atoms with Crippen LogP contribution in [0.1, 0.15) is 18.1 Å². The average molecular weight is 528 g/mol. The first-order chi connectivity index (χ1) is 11.7. The molecule has 1 heteroatoms. The third-order valence-electron chi connectivity index (χ3n) is 10.3. The van der Waals surface area contributed by atoms with Gasteiger partial charge in [0.1, 0.15) is 0 Å². The van der Waals surface area contributed by atoms with Gasteiger partial charge in [-0.1, -0.05) is 0 Å². The van der Waals surface area contributed by atoms with E-state index in [-0.39, 0.29) is 3.17 Å². The van der Waals surface area contributed by atoms with Gasteiger partial charge in [0.2, 0.25) is 0 Å². The molecule has 4 rings (SSSR count). The zero-order valence-electron chi connectivity index (χ0n) is 18.5. The summed E-state index contributed by atoms with van der Waals surface area (Å²) in [5.74, 6) is 0. The van der Waals surface area contributed by atoms with Crippen LogP contribution in [0.2, 0.25) is 36.4 Å². The van der Waals surface area contributed by atoms with Gasteiger partial charge in [0, 0.05) is 0 Å². The van der Waals surface area contributed by atoms with Crippen LogP contribution < -0.4 is 0 Å². The number of allylic oxidation sites excluding steroid dienone is 5. The van der Waals surface area contributed by atoms with E-state index in [1.165, 1.54) is 21.9 Å². The second kappa shape index (κ2) is 3.05. The summed E-state index contributed by atoms with van der Waals surface area (Å²) in [6.07, 6.45) is 14.3. The SMILES string of the molecule is C[C]1([Hf]([CH3])([CH3])([CH3])([CH3])([CH3])([CH3])([CH3])[CH]2C=CC=C2)C=Cc2ccc3ccccc3c21. The Hall–Kier alpha value is -1.21. The molecule has 2 aliphatic rings. The fourth-order valence-electron chi connectivity index (χ4n) is 6.15. The molecule has 0 fully saturated rings. The molecule has 0 heterocycles. The molecule has 2 aromatic carbocycles. The molecule has 0 nitrogen and oxygen atoms in total. The van der Waals surface area contributed by atoms with Gasteiger partial charge in [0.15, 0.2) is 0 Å². The Balaban J connectivity index is 2.32. The zero-order chi connectivity index (χ0) is 20.2. The van der Waals surface area contributed by atoms with E-state index >= 15 is 0 Å². The van der Waals surface area contributed by atoms with Crippen LogP contribution in [-0.2, 0) is 15.8 Å². The van der Waals surface area contributed by atoms with Crippen LogP contribution in [0.15, 0.2) is 66.8 Å². The monoisotopic (exact) mass is 529 g/mol. The fraction of sp³-hybridized carbons (Fsp3) is 0.385. The maximum absolute atomic E-state index is 5.54. The number of benzene rings is 2. The molecule has 1 unspecified atom stereocenters. The predicted molar refractivity (Wildman–Crippen MR) is 123 cm³/mol. The first kappa shape index (κ1) is 19.1. The van der Waals surface area contributed by atoms with Gasteiger partial charge >= 0.3 is 154 Å². The summed E-state index contributed by atoms with van der Waals surface area (Å²) in [5.41, 5.74) is 2.88. The first-order valence-electron chi connectivity index (χ1n) is 10.6. The molecule has 0 saturated carbocycles. The van der Waals surface area contributed by atoms with E-state index in [1.807, 2.05) is 0 Å². The predicted octanol–water partition coefficient (Wildman–Crippen LogP) is 9.17.